The summed E-state index contributed by atoms with van der Waals surface area (Å²) in [7, 11) is -1.91. The summed E-state index contributed by atoms with van der Waals surface area (Å²) in [6.45, 7) is 11.3. The van der Waals surface area contributed by atoms with E-state index in [2.05, 4.69) is 38.8 Å². The van der Waals surface area contributed by atoms with Crippen molar-refractivity contribution in [2.24, 2.45) is 5.90 Å². The van der Waals surface area contributed by atoms with Gasteiger partial charge >= 0.3 is 5.69 Å². The Morgan fingerprint density at radius 1 is 1.46 bits per heavy atom. The van der Waals surface area contributed by atoms with Crippen molar-refractivity contribution in [1.82, 2.24) is 9.55 Å². The third kappa shape index (κ3) is 4.04. The second-order valence-corrected chi connectivity index (χ2v) is 12.5. The highest BCUT2D eigenvalue weighted by Crippen LogP contribution is 2.38. The predicted octanol–water partition coefficient (Wildman–Crippen LogP) is 1.39. The molecule has 136 valence electrons. The Labute approximate surface area is 143 Å². The quantitative estimate of drug-likeness (QED) is 0.605. The van der Waals surface area contributed by atoms with Crippen LogP contribution in [0.5, 0.6) is 0 Å². The molecule has 3 atom stereocenters. The second-order valence-electron chi connectivity index (χ2n) is 7.65. The maximum atomic E-state index is 12.0. The third-order valence-corrected chi connectivity index (χ3v) is 9.43. The van der Waals surface area contributed by atoms with Crippen LogP contribution < -0.4 is 17.3 Å². The lowest BCUT2D eigenvalue weighted by atomic mass is 10.2. The Morgan fingerprint density at radius 2 is 2.12 bits per heavy atom. The summed E-state index contributed by atoms with van der Waals surface area (Å²) < 4.78 is 13.6. The van der Waals surface area contributed by atoms with Gasteiger partial charge in [-0.05, 0) is 24.2 Å². The minimum atomic E-state index is -1.91. The van der Waals surface area contributed by atoms with E-state index in [1.54, 1.807) is 12.3 Å². The smallest absolute Gasteiger partial charge is 0.351 e. The minimum absolute atomic E-state index is 0.0991. The van der Waals surface area contributed by atoms with Crippen LogP contribution in [0.15, 0.2) is 17.1 Å². The molecule has 0 bridgehead atoms. The first-order valence-electron chi connectivity index (χ1n) is 8.05. The van der Waals surface area contributed by atoms with E-state index in [-0.39, 0.29) is 23.1 Å². The Kier molecular flexibility index (Phi) is 5.50. The van der Waals surface area contributed by atoms with Crippen LogP contribution in [0.3, 0.4) is 0 Å². The zero-order valence-corrected chi connectivity index (χ0v) is 16.0. The van der Waals surface area contributed by atoms with Gasteiger partial charge in [0.15, 0.2) is 8.32 Å². The molecule has 9 heteroatoms. The van der Waals surface area contributed by atoms with Gasteiger partial charge in [0, 0.05) is 12.6 Å². The average Bonchev–Trinajstić information content (AvgIpc) is 2.87. The molecule has 1 aliphatic heterocycles. The Hall–Kier alpha value is -1.26. The maximum Gasteiger partial charge on any atom is 0.351 e. The fourth-order valence-corrected chi connectivity index (χ4v) is 3.33. The minimum Gasteiger partial charge on any atom is -0.414 e. The van der Waals surface area contributed by atoms with Crippen molar-refractivity contribution in [2.45, 2.75) is 63.8 Å². The van der Waals surface area contributed by atoms with E-state index in [9.17, 15) is 4.79 Å². The summed E-state index contributed by atoms with van der Waals surface area (Å²) in [5, 5.41) is 0.0991. The normalized spacial score (nSPS) is 25.2. The molecule has 0 spiro atoms. The molecule has 1 fully saturated rings. The first-order valence-corrected chi connectivity index (χ1v) is 11.0. The van der Waals surface area contributed by atoms with E-state index in [0.29, 0.717) is 13.0 Å². The number of nitrogens with two attached hydrogens (primary N) is 2. The van der Waals surface area contributed by atoms with Gasteiger partial charge in [-0.3, -0.25) is 9.40 Å². The van der Waals surface area contributed by atoms with Gasteiger partial charge in [0.2, 0.25) is 0 Å². The molecule has 1 aromatic heterocycles. The molecule has 0 radical (unpaired) electrons. The van der Waals surface area contributed by atoms with E-state index in [0.717, 1.165) is 0 Å². The van der Waals surface area contributed by atoms with Gasteiger partial charge in [-0.15, -0.1) is 0 Å². The van der Waals surface area contributed by atoms with Crippen molar-refractivity contribution in [1.29, 1.82) is 0 Å². The fraction of sp³-hybridized carbons (Fsp3) is 0.733. The van der Waals surface area contributed by atoms with Gasteiger partial charge < -0.3 is 14.9 Å². The lowest BCUT2D eigenvalue weighted by Gasteiger charge is -2.37. The van der Waals surface area contributed by atoms with Gasteiger partial charge in [-0.1, -0.05) is 20.8 Å². The highest BCUT2D eigenvalue weighted by Gasteiger charge is 2.42. The standard InChI is InChI=1S/C15H28N4O4Si/c1-15(2,3)24(4,5)21-9-11-10(23-17)8-13(22-11)19-7-6-12(16)18-14(19)20/h6-7,10-11,13H,8-9,17H2,1-5H3,(H2,16,18,20)/t10-,11+,13+/m0/s1. The van der Waals surface area contributed by atoms with Crippen LogP contribution in [0.1, 0.15) is 33.4 Å². The number of ether oxygens (including phenoxy) is 1. The topological polar surface area (TPSA) is 115 Å². The Morgan fingerprint density at radius 3 is 2.67 bits per heavy atom. The zero-order valence-electron chi connectivity index (χ0n) is 15.0. The van der Waals surface area contributed by atoms with Gasteiger partial charge in [0.05, 0.1) is 6.61 Å². The number of nitrogens with zero attached hydrogens (tertiary/aromatic N) is 2. The van der Waals surface area contributed by atoms with Crippen LogP contribution in [0.25, 0.3) is 0 Å². The van der Waals surface area contributed by atoms with E-state index in [4.69, 9.17) is 25.6 Å². The van der Waals surface area contributed by atoms with Crippen LogP contribution in [0.4, 0.5) is 5.82 Å². The molecule has 0 aromatic carbocycles. The zero-order chi connectivity index (χ0) is 18.1. The molecule has 1 aromatic rings. The molecule has 1 aliphatic rings. The molecule has 0 unspecified atom stereocenters. The van der Waals surface area contributed by atoms with E-state index < -0.39 is 20.2 Å². The first kappa shape index (κ1) is 19.1. The van der Waals surface area contributed by atoms with Gasteiger partial charge in [-0.25, -0.2) is 10.7 Å². The molecule has 0 aliphatic carbocycles. The van der Waals surface area contributed by atoms with E-state index in [1.165, 1.54) is 4.57 Å². The monoisotopic (exact) mass is 356 g/mol. The van der Waals surface area contributed by atoms with Crippen LogP contribution in [0.2, 0.25) is 18.1 Å². The summed E-state index contributed by atoms with van der Waals surface area (Å²) >= 11 is 0. The number of rotatable bonds is 5. The molecule has 24 heavy (non-hydrogen) atoms. The lowest BCUT2D eigenvalue weighted by Crippen LogP contribution is -2.44. The van der Waals surface area contributed by atoms with Crippen molar-refractivity contribution in [3.8, 4) is 0 Å². The van der Waals surface area contributed by atoms with Crippen LogP contribution in [0, 0.1) is 0 Å². The highest BCUT2D eigenvalue weighted by molar-refractivity contribution is 6.74. The maximum absolute atomic E-state index is 12.0. The molecule has 0 amide bonds. The van der Waals surface area contributed by atoms with E-state index in [1.807, 2.05) is 0 Å². The molecule has 4 N–H and O–H groups in total. The molecule has 8 nitrogen and oxygen atoms in total. The first-order chi connectivity index (χ1) is 11.0. The van der Waals surface area contributed by atoms with Crippen molar-refractivity contribution in [2.75, 3.05) is 12.3 Å². The third-order valence-electron chi connectivity index (χ3n) is 4.93. The molecular weight excluding hydrogens is 328 g/mol. The molecule has 1 saturated heterocycles. The van der Waals surface area contributed by atoms with Crippen molar-refractivity contribution in [3.63, 3.8) is 0 Å². The van der Waals surface area contributed by atoms with Crippen LogP contribution in [-0.2, 0) is 14.0 Å². The van der Waals surface area contributed by atoms with Gasteiger partial charge in [-0.2, -0.15) is 4.98 Å². The summed E-state index contributed by atoms with van der Waals surface area (Å²) in [5.74, 6) is 5.58. The van der Waals surface area contributed by atoms with E-state index >= 15 is 0 Å². The summed E-state index contributed by atoms with van der Waals surface area (Å²) in [5.41, 5.74) is 5.06. The molecule has 0 saturated carbocycles. The largest absolute Gasteiger partial charge is 0.414 e. The number of nitrogen functional groups attached to an aromatic ring is 1. The highest BCUT2D eigenvalue weighted by atomic mass is 28.4. The Balaban J connectivity index is 2.08. The van der Waals surface area contributed by atoms with Crippen molar-refractivity contribution >= 4 is 14.1 Å². The molecular formula is C15H28N4O4Si. The number of hydrogen-bond acceptors (Lipinski definition) is 7. The molecule has 2 rings (SSSR count). The summed E-state index contributed by atoms with van der Waals surface area (Å²) in [6, 6.07) is 1.56. The SMILES string of the molecule is CC(C)(C)[Si](C)(C)OC[C@H]1O[C@@H](n2ccc(N)nc2=O)C[C@@H]1ON. The number of aromatic nitrogens is 2. The number of anilines is 1. The fourth-order valence-electron chi connectivity index (χ4n) is 2.32. The summed E-state index contributed by atoms with van der Waals surface area (Å²) in [6.07, 6.45) is 0.850. The second kappa shape index (κ2) is 6.93. The lowest BCUT2D eigenvalue weighted by molar-refractivity contribution is -0.0604. The predicted molar refractivity (Wildman–Crippen MR) is 93.6 cm³/mol. The van der Waals surface area contributed by atoms with Crippen molar-refractivity contribution < 1.29 is 14.0 Å². The summed E-state index contributed by atoms with van der Waals surface area (Å²) in [4.78, 5) is 20.7. The number of hydrogen-bond donors (Lipinski definition) is 2. The molecule has 2 heterocycles. The Bertz CT molecular complexity index is 629. The van der Waals surface area contributed by atoms with Gasteiger partial charge in [0.25, 0.3) is 0 Å². The van der Waals surface area contributed by atoms with Gasteiger partial charge in [0.1, 0.15) is 24.3 Å². The van der Waals surface area contributed by atoms with Crippen molar-refractivity contribution in [3.05, 3.63) is 22.7 Å². The average molecular weight is 356 g/mol. The van der Waals surface area contributed by atoms with Crippen LogP contribution in [-0.4, -0.2) is 36.7 Å². The van der Waals surface area contributed by atoms with Crippen LogP contribution >= 0.6 is 0 Å².